The first-order valence-electron chi connectivity index (χ1n) is 9.74. The molecule has 7 nitrogen and oxygen atoms in total. The lowest BCUT2D eigenvalue weighted by atomic mass is 10.2. The zero-order valence-electron chi connectivity index (χ0n) is 17.7. The molecule has 0 aliphatic rings. The Labute approximate surface area is 184 Å². The van der Waals surface area contributed by atoms with Crippen LogP contribution in [-0.2, 0) is 4.74 Å². The van der Waals surface area contributed by atoms with Gasteiger partial charge in [-0.2, -0.15) is 4.98 Å². The summed E-state index contributed by atoms with van der Waals surface area (Å²) >= 11 is 0. The van der Waals surface area contributed by atoms with Crippen molar-refractivity contribution in [1.82, 2.24) is 9.97 Å². The summed E-state index contributed by atoms with van der Waals surface area (Å²) in [5.41, 5.74) is 2.54. The van der Waals surface area contributed by atoms with Crippen molar-refractivity contribution in [3.63, 3.8) is 0 Å². The topological polar surface area (TPSA) is 80.7 Å². The second-order valence-electron chi connectivity index (χ2n) is 6.63. The molecule has 0 aliphatic carbocycles. The van der Waals surface area contributed by atoms with Crippen molar-refractivity contribution in [3.05, 3.63) is 73.0 Å². The smallest absolute Gasteiger partial charge is 0.229 e. The Bertz CT molecular complexity index is 1100. The summed E-state index contributed by atoms with van der Waals surface area (Å²) in [5, 5.41) is 5.75. The third kappa shape index (κ3) is 6.32. The van der Waals surface area contributed by atoms with Crippen LogP contribution in [0, 0.1) is 11.6 Å². The van der Waals surface area contributed by atoms with E-state index in [0.717, 1.165) is 17.6 Å². The van der Waals surface area contributed by atoms with Gasteiger partial charge in [0.25, 0.3) is 0 Å². The van der Waals surface area contributed by atoms with E-state index in [-0.39, 0.29) is 24.1 Å². The molecule has 3 rings (SSSR count). The van der Waals surface area contributed by atoms with Gasteiger partial charge in [-0.05, 0) is 49.4 Å². The maximum absolute atomic E-state index is 14.2. The van der Waals surface area contributed by atoms with Crippen LogP contribution in [0.4, 0.5) is 37.6 Å². The van der Waals surface area contributed by atoms with E-state index in [1.54, 1.807) is 36.4 Å². The van der Waals surface area contributed by atoms with Crippen LogP contribution in [0.2, 0.25) is 0 Å². The molecule has 2 N–H and O–H groups in total. The van der Waals surface area contributed by atoms with E-state index in [2.05, 4.69) is 32.2 Å². The number of anilines is 4. The third-order valence-electron chi connectivity index (χ3n) is 4.21. The lowest BCUT2D eigenvalue weighted by Gasteiger charge is -2.11. The molecule has 2 aromatic carbocycles. The second kappa shape index (κ2) is 11.0. The zero-order chi connectivity index (χ0) is 22.9. The van der Waals surface area contributed by atoms with E-state index >= 15 is 0 Å². The fourth-order valence-electron chi connectivity index (χ4n) is 2.58. The van der Waals surface area contributed by atoms with Crippen molar-refractivity contribution < 1.29 is 18.3 Å². The quantitative estimate of drug-likeness (QED) is 0.319. The highest BCUT2D eigenvalue weighted by Gasteiger charge is 2.10. The lowest BCUT2D eigenvalue weighted by Crippen LogP contribution is -2.06. The van der Waals surface area contributed by atoms with Crippen molar-refractivity contribution in [1.29, 1.82) is 0 Å². The number of methoxy groups -OCH3 is 1. The number of ether oxygens (including phenoxy) is 2. The predicted molar refractivity (Wildman–Crippen MR) is 122 cm³/mol. The average Bonchev–Trinajstić information content (AvgIpc) is 2.79. The van der Waals surface area contributed by atoms with Crippen LogP contribution in [0.5, 0.6) is 5.75 Å². The van der Waals surface area contributed by atoms with Crippen LogP contribution in [0.3, 0.4) is 0 Å². The Morgan fingerprint density at radius 3 is 2.50 bits per heavy atom. The van der Waals surface area contributed by atoms with Crippen LogP contribution in [0.1, 0.15) is 6.92 Å². The van der Waals surface area contributed by atoms with Gasteiger partial charge in [0.15, 0.2) is 23.2 Å². The number of hydrogen-bond acceptors (Lipinski definition) is 7. The highest BCUT2D eigenvalue weighted by molar-refractivity contribution is 5.94. The van der Waals surface area contributed by atoms with E-state index in [1.807, 2.05) is 6.92 Å². The molecule has 0 fully saturated rings. The standard InChI is InChI=1S/C23H23F2N5O2/c1-4-15(2)27-16-5-7-17(8-6-16)28-22-20(25)14-26-23(30-22)29-18-9-10-21(19(24)13-18)32-12-11-31-3/h4-10,13-14H,1,11-12H2,2-3H3,(H2,26,28,29,30). The Hall–Kier alpha value is -3.85. The van der Waals surface area contributed by atoms with Crippen molar-refractivity contribution in [3.8, 4) is 5.75 Å². The molecule has 3 aromatic rings. The molecular weight excluding hydrogens is 416 g/mol. The second-order valence-corrected chi connectivity index (χ2v) is 6.63. The Kier molecular flexibility index (Phi) is 7.82. The summed E-state index contributed by atoms with van der Waals surface area (Å²) < 4.78 is 38.6. The van der Waals surface area contributed by atoms with Crippen LogP contribution in [-0.4, -0.2) is 36.0 Å². The van der Waals surface area contributed by atoms with Gasteiger partial charge in [0.05, 0.1) is 18.5 Å². The van der Waals surface area contributed by atoms with Crippen LogP contribution in [0.15, 0.2) is 66.3 Å². The van der Waals surface area contributed by atoms with E-state index in [9.17, 15) is 8.78 Å². The van der Waals surface area contributed by atoms with Gasteiger partial charge in [-0.15, -0.1) is 0 Å². The van der Waals surface area contributed by atoms with E-state index in [0.29, 0.717) is 18.0 Å². The van der Waals surface area contributed by atoms with Crippen molar-refractivity contribution >= 4 is 34.5 Å². The maximum atomic E-state index is 14.2. The Balaban J connectivity index is 1.70. The molecule has 0 amide bonds. The molecule has 0 bridgehead atoms. The molecule has 0 atom stereocenters. The predicted octanol–water partition coefficient (Wildman–Crippen LogP) is 5.55. The first kappa shape index (κ1) is 22.8. The molecule has 0 spiro atoms. The van der Waals surface area contributed by atoms with Gasteiger partial charge in [-0.1, -0.05) is 6.58 Å². The summed E-state index contributed by atoms with van der Waals surface area (Å²) in [6, 6.07) is 11.4. The first-order valence-corrected chi connectivity index (χ1v) is 9.74. The SMILES string of the molecule is C=CC(C)=Nc1ccc(Nc2nc(Nc3ccc(OCCOC)c(F)c3)ncc2F)cc1. The monoisotopic (exact) mass is 439 g/mol. The highest BCUT2D eigenvalue weighted by Crippen LogP contribution is 2.25. The summed E-state index contributed by atoms with van der Waals surface area (Å²) in [5.74, 6) is -1.01. The zero-order valence-corrected chi connectivity index (χ0v) is 17.7. The first-order chi connectivity index (χ1) is 15.5. The molecule has 1 aromatic heterocycles. The number of nitrogens with one attached hydrogen (secondary N) is 2. The Morgan fingerprint density at radius 1 is 1.06 bits per heavy atom. The summed E-state index contributed by atoms with van der Waals surface area (Å²) in [4.78, 5) is 12.4. The molecule has 166 valence electrons. The lowest BCUT2D eigenvalue weighted by molar-refractivity contribution is 0.144. The summed E-state index contributed by atoms with van der Waals surface area (Å²) in [7, 11) is 1.54. The number of aromatic nitrogens is 2. The molecule has 32 heavy (non-hydrogen) atoms. The fraction of sp³-hybridized carbons (Fsp3) is 0.174. The van der Waals surface area contributed by atoms with E-state index in [1.165, 1.54) is 19.2 Å². The van der Waals surface area contributed by atoms with Crippen molar-refractivity contribution in [2.75, 3.05) is 31.0 Å². The maximum Gasteiger partial charge on any atom is 0.229 e. The van der Waals surface area contributed by atoms with Crippen molar-refractivity contribution in [2.45, 2.75) is 6.92 Å². The molecule has 0 saturated heterocycles. The van der Waals surface area contributed by atoms with Gasteiger partial charge >= 0.3 is 0 Å². The van der Waals surface area contributed by atoms with Crippen LogP contribution < -0.4 is 15.4 Å². The number of halogens is 2. The Morgan fingerprint density at radius 2 is 1.81 bits per heavy atom. The van der Waals surface area contributed by atoms with Gasteiger partial charge in [0.1, 0.15) is 6.61 Å². The van der Waals surface area contributed by atoms with Crippen LogP contribution in [0.25, 0.3) is 0 Å². The molecule has 0 radical (unpaired) electrons. The van der Waals surface area contributed by atoms with Crippen LogP contribution >= 0.6 is 0 Å². The number of aliphatic imine (C=N–C) groups is 1. The van der Waals surface area contributed by atoms with E-state index in [4.69, 9.17) is 9.47 Å². The highest BCUT2D eigenvalue weighted by atomic mass is 19.1. The third-order valence-corrected chi connectivity index (χ3v) is 4.21. The molecule has 0 aliphatic heterocycles. The molecule has 1 heterocycles. The number of nitrogens with zero attached hydrogens (tertiary/aromatic N) is 3. The molecular formula is C23H23F2N5O2. The number of benzene rings is 2. The van der Waals surface area contributed by atoms with Gasteiger partial charge in [0.2, 0.25) is 5.95 Å². The van der Waals surface area contributed by atoms with Gasteiger partial charge in [-0.3, -0.25) is 4.99 Å². The number of hydrogen-bond donors (Lipinski definition) is 2. The molecule has 0 unspecified atom stereocenters. The molecule has 9 heteroatoms. The van der Waals surface area contributed by atoms with Gasteiger partial charge in [0, 0.05) is 30.3 Å². The fourth-order valence-corrected chi connectivity index (χ4v) is 2.58. The summed E-state index contributed by atoms with van der Waals surface area (Å²) in [6.07, 6.45) is 2.69. The largest absolute Gasteiger partial charge is 0.488 e. The average molecular weight is 439 g/mol. The number of allylic oxidation sites excluding steroid dienone is 1. The molecule has 0 saturated carbocycles. The van der Waals surface area contributed by atoms with Crippen molar-refractivity contribution in [2.24, 2.45) is 4.99 Å². The van der Waals surface area contributed by atoms with E-state index < -0.39 is 11.6 Å². The minimum atomic E-state index is -0.631. The van der Waals surface area contributed by atoms with Gasteiger partial charge in [-0.25, -0.2) is 13.8 Å². The minimum Gasteiger partial charge on any atom is -0.488 e. The number of rotatable bonds is 10. The minimum absolute atomic E-state index is 0.0268. The normalized spacial score (nSPS) is 11.2. The van der Waals surface area contributed by atoms with Gasteiger partial charge < -0.3 is 20.1 Å². The summed E-state index contributed by atoms with van der Waals surface area (Å²) in [6.45, 7) is 6.09.